The zero-order valence-electron chi connectivity index (χ0n) is 37.1. The number of hydrogen-bond acceptors (Lipinski definition) is 2. The molecule has 2 nitrogen and oxygen atoms in total. The highest BCUT2D eigenvalue weighted by Gasteiger charge is 2.58. The van der Waals surface area contributed by atoms with E-state index in [4.69, 9.17) is 0 Å². The van der Waals surface area contributed by atoms with Crippen LogP contribution in [0.25, 0.3) is 11.1 Å². The Morgan fingerprint density at radius 1 is 0.429 bits per heavy atom. The summed E-state index contributed by atoms with van der Waals surface area (Å²) in [6, 6.07) is 67.8. The summed E-state index contributed by atoms with van der Waals surface area (Å²) >= 11 is 0. The van der Waals surface area contributed by atoms with E-state index in [-0.39, 0.29) is 5.41 Å². The summed E-state index contributed by atoms with van der Waals surface area (Å²) in [6.45, 7) is 5.13. The first kappa shape index (κ1) is 39.0. The maximum absolute atomic E-state index is 2.62. The molecule has 314 valence electrons. The Balaban J connectivity index is 0.972. The van der Waals surface area contributed by atoms with Gasteiger partial charge in [0.1, 0.15) is 8.07 Å². The highest BCUT2D eigenvalue weighted by molar-refractivity contribution is 7.04. The van der Waals surface area contributed by atoms with Gasteiger partial charge in [-0.2, -0.15) is 0 Å². The molecule has 5 fully saturated rings. The molecule has 0 radical (unpaired) electrons. The third kappa shape index (κ3) is 6.40. The number of benzene rings is 7. The molecule has 13 rings (SSSR count). The van der Waals surface area contributed by atoms with Crippen molar-refractivity contribution < 1.29 is 0 Å². The number of hydrogen-bond donors (Lipinski definition) is 0. The minimum Gasteiger partial charge on any atom is -0.311 e. The third-order valence-corrected chi connectivity index (χ3v) is 20.2. The molecule has 0 atom stereocenters. The van der Waals surface area contributed by atoms with Crippen molar-refractivity contribution in [2.45, 2.75) is 88.6 Å². The van der Waals surface area contributed by atoms with Crippen molar-refractivity contribution in [1.82, 2.24) is 0 Å². The number of fused-ring (bicyclic) bond motifs is 3. The molecule has 1 aliphatic heterocycles. The number of nitrogens with zero attached hydrogens (tertiary/aromatic N) is 2. The Morgan fingerprint density at radius 2 is 0.905 bits per heavy atom. The van der Waals surface area contributed by atoms with E-state index >= 15 is 0 Å². The van der Waals surface area contributed by atoms with E-state index in [0.29, 0.717) is 17.8 Å². The van der Waals surface area contributed by atoms with Crippen LogP contribution in [-0.4, -0.2) is 8.07 Å². The van der Waals surface area contributed by atoms with Gasteiger partial charge in [-0.25, -0.2) is 0 Å². The zero-order valence-corrected chi connectivity index (χ0v) is 38.1. The van der Waals surface area contributed by atoms with E-state index in [1.165, 1.54) is 126 Å². The van der Waals surface area contributed by atoms with Crippen molar-refractivity contribution in [3.8, 4) is 11.1 Å². The molecule has 63 heavy (non-hydrogen) atoms. The summed E-state index contributed by atoms with van der Waals surface area (Å²) in [6.07, 6.45) is 13.6. The first-order valence-corrected chi connectivity index (χ1v) is 27.2. The highest BCUT2D eigenvalue weighted by atomic mass is 28.3. The van der Waals surface area contributed by atoms with Gasteiger partial charge >= 0.3 is 0 Å². The lowest BCUT2D eigenvalue weighted by atomic mass is 9.42. The molecular formula is C60H60N2Si. The largest absolute Gasteiger partial charge is 0.311 e. The van der Waals surface area contributed by atoms with Gasteiger partial charge in [0.25, 0.3) is 0 Å². The predicted molar refractivity (Wildman–Crippen MR) is 268 cm³/mol. The average Bonchev–Trinajstić information content (AvgIpc) is 3.57. The molecular weight excluding hydrogens is 777 g/mol. The van der Waals surface area contributed by atoms with Gasteiger partial charge in [-0.05, 0) is 179 Å². The topological polar surface area (TPSA) is 6.48 Å². The van der Waals surface area contributed by atoms with Crippen LogP contribution in [-0.2, 0) is 5.41 Å². The summed E-state index contributed by atoms with van der Waals surface area (Å²) in [4.78, 5) is 5.02. The van der Waals surface area contributed by atoms with Crippen LogP contribution in [0.2, 0.25) is 13.1 Å². The Bertz CT molecular complexity index is 2660. The molecule has 3 heteroatoms. The van der Waals surface area contributed by atoms with Gasteiger partial charge < -0.3 is 9.80 Å². The Hall–Kier alpha value is -5.64. The smallest absolute Gasteiger partial charge is 0.116 e. The van der Waals surface area contributed by atoms with Crippen LogP contribution in [0.15, 0.2) is 176 Å². The highest BCUT2D eigenvalue weighted by Crippen LogP contribution is 2.65. The van der Waals surface area contributed by atoms with Gasteiger partial charge in [0.2, 0.25) is 0 Å². The lowest BCUT2D eigenvalue weighted by molar-refractivity contribution is -0.0418. The summed E-state index contributed by atoms with van der Waals surface area (Å²) < 4.78 is 0. The molecule has 4 bridgehead atoms. The van der Waals surface area contributed by atoms with Crippen LogP contribution >= 0.6 is 0 Å². The van der Waals surface area contributed by atoms with E-state index in [1.807, 2.05) is 0 Å². The van der Waals surface area contributed by atoms with Gasteiger partial charge in [-0.3, -0.25) is 0 Å². The van der Waals surface area contributed by atoms with Crippen LogP contribution in [0.5, 0.6) is 0 Å². The van der Waals surface area contributed by atoms with Gasteiger partial charge in [0, 0.05) is 39.5 Å². The zero-order chi connectivity index (χ0) is 42.1. The van der Waals surface area contributed by atoms with Crippen molar-refractivity contribution in [1.29, 1.82) is 0 Å². The van der Waals surface area contributed by atoms with Crippen LogP contribution in [0.3, 0.4) is 0 Å². The summed E-state index contributed by atoms with van der Waals surface area (Å²) in [5.41, 5.74) is 14.8. The standard InChI is InChI=1S/C60H60N2Si/c1-63(2)58-24-13-12-21-55(58)56-22-14-23-57(59(56)63)62(53-31-25-45(26-32-53)44-15-6-3-7-16-44)54-35-29-47(30-36-54)60(48-38-42-37-43(40-48)41-49(60)39-42)46-27-33-52(34-28-46)61(50-17-8-4-9-18-50)51-19-10-5-11-20-51/h4-5,8-14,17-36,42-44,48-49H,3,6-7,15-16,37-41H2,1-2H3. The second-order valence-electron chi connectivity index (χ2n) is 20.4. The molecule has 0 saturated heterocycles. The average molecular weight is 837 g/mol. The van der Waals surface area contributed by atoms with Gasteiger partial charge in [0.05, 0.1) is 0 Å². The molecule has 0 aromatic heterocycles. The maximum atomic E-state index is 2.62. The lowest BCUT2D eigenvalue weighted by Gasteiger charge is -2.62. The second kappa shape index (κ2) is 15.6. The van der Waals surface area contributed by atoms with Crippen LogP contribution in [0, 0.1) is 23.7 Å². The molecule has 0 spiro atoms. The van der Waals surface area contributed by atoms with Crippen LogP contribution in [0.4, 0.5) is 34.1 Å². The fourth-order valence-corrected chi connectivity index (χ4v) is 17.6. The van der Waals surface area contributed by atoms with Gasteiger partial charge in [-0.15, -0.1) is 0 Å². The summed E-state index contributed by atoms with van der Waals surface area (Å²) in [5.74, 6) is 3.78. The van der Waals surface area contributed by atoms with E-state index in [1.54, 1.807) is 10.4 Å². The first-order valence-electron chi connectivity index (χ1n) is 24.2. The molecule has 5 aliphatic carbocycles. The lowest BCUT2D eigenvalue weighted by Crippen LogP contribution is -2.56. The normalized spacial score (nSPS) is 24.2. The molecule has 0 amide bonds. The summed E-state index contributed by atoms with van der Waals surface area (Å²) in [7, 11) is -2.01. The molecule has 5 saturated carbocycles. The summed E-state index contributed by atoms with van der Waals surface area (Å²) in [5, 5.41) is 3.12. The first-order chi connectivity index (χ1) is 31.0. The number of anilines is 6. The molecule has 7 aromatic rings. The predicted octanol–water partition coefficient (Wildman–Crippen LogP) is 15.2. The molecule has 0 N–H and O–H groups in total. The fraction of sp³-hybridized carbons (Fsp3) is 0.300. The van der Waals surface area contributed by atoms with Crippen LogP contribution < -0.4 is 20.2 Å². The Kier molecular flexibility index (Phi) is 9.63. The number of para-hydroxylation sites is 2. The van der Waals surface area contributed by atoms with Gasteiger partial charge in [-0.1, -0.05) is 142 Å². The van der Waals surface area contributed by atoms with Crippen molar-refractivity contribution in [3.05, 3.63) is 193 Å². The third-order valence-electron chi connectivity index (χ3n) is 16.7. The second-order valence-corrected chi connectivity index (χ2v) is 24.7. The van der Waals surface area contributed by atoms with E-state index < -0.39 is 8.07 Å². The minimum atomic E-state index is -2.01. The van der Waals surface area contributed by atoms with E-state index in [2.05, 4.69) is 199 Å². The Labute approximate surface area is 376 Å². The molecule has 7 aromatic carbocycles. The van der Waals surface area contributed by atoms with Crippen molar-refractivity contribution in [2.75, 3.05) is 9.80 Å². The van der Waals surface area contributed by atoms with E-state index in [9.17, 15) is 0 Å². The van der Waals surface area contributed by atoms with Crippen molar-refractivity contribution >= 4 is 52.6 Å². The van der Waals surface area contributed by atoms with Crippen molar-refractivity contribution in [2.24, 2.45) is 23.7 Å². The minimum absolute atomic E-state index is 0.00578. The van der Waals surface area contributed by atoms with E-state index in [0.717, 1.165) is 11.8 Å². The van der Waals surface area contributed by atoms with Crippen molar-refractivity contribution in [3.63, 3.8) is 0 Å². The molecule has 6 aliphatic rings. The molecule has 0 unspecified atom stereocenters. The Morgan fingerprint density at radius 3 is 1.48 bits per heavy atom. The molecule has 1 heterocycles. The maximum Gasteiger partial charge on any atom is 0.116 e. The SMILES string of the molecule is C[Si]1(C)c2ccccc2-c2cccc(N(c3ccc(C4CCCCC4)cc3)c3ccc(C4(c5ccc(N(c6ccccc6)c6ccccc6)cc5)C5CC6CC(C5)CC4C6)cc3)c21. The monoisotopic (exact) mass is 836 g/mol. The van der Waals surface area contributed by atoms with Crippen LogP contribution in [0.1, 0.15) is 86.8 Å². The number of rotatable bonds is 9. The fourth-order valence-electron chi connectivity index (χ4n) is 14.2. The quantitative estimate of drug-likeness (QED) is 0.134. The van der Waals surface area contributed by atoms with Gasteiger partial charge in [0.15, 0.2) is 0 Å².